The molecular formula is C14H18BrClO. The Bertz CT molecular complexity index is 407. The third kappa shape index (κ3) is 3.17. The Kier molecular flexibility index (Phi) is 4.04. The van der Waals surface area contributed by atoms with E-state index in [1.54, 1.807) is 7.11 Å². The summed E-state index contributed by atoms with van der Waals surface area (Å²) in [6.45, 7) is 2.34. The van der Waals surface area contributed by atoms with E-state index in [1.807, 2.05) is 6.07 Å². The van der Waals surface area contributed by atoms with Gasteiger partial charge in [-0.25, -0.2) is 0 Å². The molecule has 94 valence electrons. The molecule has 2 rings (SSSR count). The molecule has 0 saturated heterocycles. The predicted molar refractivity (Wildman–Crippen MR) is 76.0 cm³/mol. The Morgan fingerprint density at radius 1 is 1.53 bits per heavy atom. The maximum atomic E-state index is 6.21. The van der Waals surface area contributed by atoms with Gasteiger partial charge in [-0.2, -0.15) is 0 Å². The van der Waals surface area contributed by atoms with E-state index in [1.165, 1.54) is 12.0 Å². The maximum Gasteiger partial charge on any atom is 0.133 e. The van der Waals surface area contributed by atoms with Gasteiger partial charge in [0.25, 0.3) is 0 Å². The normalized spacial score (nSPS) is 28.4. The Morgan fingerprint density at radius 3 is 2.82 bits per heavy atom. The fourth-order valence-electron chi connectivity index (χ4n) is 2.72. The van der Waals surface area contributed by atoms with E-state index in [2.05, 4.69) is 35.0 Å². The Hall–Kier alpha value is -0.210. The van der Waals surface area contributed by atoms with Crippen molar-refractivity contribution in [3.63, 3.8) is 0 Å². The van der Waals surface area contributed by atoms with Crippen LogP contribution in [-0.4, -0.2) is 12.5 Å². The first-order valence-electron chi connectivity index (χ1n) is 5.99. The summed E-state index contributed by atoms with van der Waals surface area (Å²) in [5.41, 5.74) is 1.71. The summed E-state index contributed by atoms with van der Waals surface area (Å²) in [7, 11) is 1.69. The first-order chi connectivity index (χ1) is 8.02. The number of hydrogen-bond donors (Lipinski definition) is 0. The van der Waals surface area contributed by atoms with Gasteiger partial charge in [-0.3, -0.25) is 0 Å². The van der Waals surface area contributed by atoms with Crippen LogP contribution in [0.4, 0.5) is 0 Å². The van der Waals surface area contributed by atoms with Crippen molar-refractivity contribution in [2.45, 2.75) is 38.0 Å². The van der Waals surface area contributed by atoms with Gasteiger partial charge in [-0.1, -0.05) is 13.0 Å². The molecule has 2 atom stereocenters. The van der Waals surface area contributed by atoms with Crippen LogP contribution >= 0.6 is 27.5 Å². The third-order valence-corrected chi connectivity index (χ3v) is 4.61. The number of alkyl halides is 1. The van der Waals surface area contributed by atoms with Crippen molar-refractivity contribution < 1.29 is 4.74 Å². The second kappa shape index (κ2) is 5.19. The van der Waals surface area contributed by atoms with Gasteiger partial charge in [0.05, 0.1) is 11.6 Å². The van der Waals surface area contributed by atoms with E-state index in [4.69, 9.17) is 16.3 Å². The van der Waals surface area contributed by atoms with Crippen LogP contribution < -0.4 is 4.74 Å². The minimum absolute atomic E-state index is 0.362. The minimum Gasteiger partial charge on any atom is -0.496 e. The molecule has 1 fully saturated rings. The molecular weight excluding hydrogens is 300 g/mol. The zero-order valence-electron chi connectivity index (χ0n) is 10.3. The topological polar surface area (TPSA) is 9.23 Å². The lowest BCUT2D eigenvalue weighted by molar-refractivity contribution is 0.335. The van der Waals surface area contributed by atoms with Crippen molar-refractivity contribution in [3.05, 3.63) is 28.2 Å². The minimum atomic E-state index is 0.362. The van der Waals surface area contributed by atoms with Gasteiger partial charge in [-0.15, -0.1) is 11.6 Å². The van der Waals surface area contributed by atoms with Crippen molar-refractivity contribution in [3.8, 4) is 5.75 Å². The van der Waals surface area contributed by atoms with E-state index in [-0.39, 0.29) is 0 Å². The van der Waals surface area contributed by atoms with Crippen LogP contribution in [0.5, 0.6) is 5.75 Å². The molecule has 0 heterocycles. The van der Waals surface area contributed by atoms with Crippen molar-refractivity contribution >= 4 is 27.5 Å². The first-order valence-corrected chi connectivity index (χ1v) is 7.22. The number of rotatable bonds is 3. The Balaban J connectivity index is 2.11. The summed E-state index contributed by atoms with van der Waals surface area (Å²) in [5, 5.41) is 0.363. The van der Waals surface area contributed by atoms with Gasteiger partial charge >= 0.3 is 0 Å². The fourth-order valence-corrected chi connectivity index (χ4v) is 3.79. The van der Waals surface area contributed by atoms with Crippen LogP contribution in [0.1, 0.15) is 31.7 Å². The highest BCUT2D eigenvalue weighted by molar-refractivity contribution is 9.10. The average molecular weight is 318 g/mol. The number of methoxy groups -OCH3 is 1. The number of halogens is 2. The molecule has 1 aliphatic rings. The van der Waals surface area contributed by atoms with E-state index in [0.717, 1.165) is 29.5 Å². The molecule has 0 amide bonds. The zero-order valence-corrected chi connectivity index (χ0v) is 12.6. The number of hydrogen-bond acceptors (Lipinski definition) is 1. The summed E-state index contributed by atoms with van der Waals surface area (Å²) in [6.07, 6.45) is 4.59. The molecule has 0 N–H and O–H groups in total. The van der Waals surface area contributed by atoms with Gasteiger partial charge in [0.2, 0.25) is 0 Å². The highest BCUT2D eigenvalue weighted by atomic mass is 79.9. The SMILES string of the molecule is COc1ccc(CC2(C)CCC(Cl)C2)cc1Br. The van der Waals surface area contributed by atoms with Crippen LogP contribution in [-0.2, 0) is 6.42 Å². The van der Waals surface area contributed by atoms with Crippen LogP contribution in [0.25, 0.3) is 0 Å². The summed E-state index contributed by atoms with van der Waals surface area (Å²) in [6, 6.07) is 6.33. The first kappa shape index (κ1) is 13.2. The van der Waals surface area contributed by atoms with E-state index in [9.17, 15) is 0 Å². The average Bonchev–Trinajstić information content (AvgIpc) is 2.58. The van der Waals surface area contributed by atoms with Crippen LogP contribution in [0, 0.1) is 5.41 Å². The lowest BCUT2D eigenvalue weighted by Gasteiger charge is -2.24. The molecule has 0 spiro atoms. The molecule has 1 nitrogen and oxygen atoms in total. The summed E-state index contributed by atoms with van der Waals surface area (Å²) in [5.74, 6) is 0.889. The molecule has 0 radical (unpaired) electrons. The lowest BCUT2D eigenvalue weighted by atomic mass is 9.82. The van der Waals surface area contributed by atoms with Crippen LogP contribution in [0.15, 0.2) is 22.7 Å². The van der Waals surface area contributed by atoms with Gasteiger partial charge in [0.15, 0.2) is 0 Å². The standard InChI is InChI=1S/C14H18BrClO/c1-14(6-5-11(16)9-14)8-10-3-4-13(17-2)12(15)7-10/h3-4,7,11H,5-6,8-9H2,1-2H3. The molecule has 0 aromatic heterocycles. The van der Waals surface area contributed by atoms with Gasteiger partial charge in [0, 0.05) is 5.38 Å². The molecule has 1 saturated carbocycles. The van der Waals surface area contributed by atoms with E-state index in [0.29, 0.717) is 10.8 Å². The maximum absolute atomic E-state index is 6.21. The second-order valence-electron chi connectivity index (χ2n) is 5.30. The highest BCUT2D eigenvalue weighted by Gasteiger charge is 2.34. The number of benzene rings is 1. The van der Waals surface area contributed by atoms with E-state index >= 15 is 0 Å². The van der Waals surface area contributed by atoms with Crippen LogP contribution in [0.2, 0.25) is 0 Å². The fraction of sp³-hybridized carbons (Fsp3) is 0.571. The molecule has 0 aliphatic heterocycles. The van der Waals surface area contributed by atoms with Crippen molar-refractivity contribution in [1.29, 1.82) is 0 Å². The molecule has 17 heavy (non-hydrogen) atoms. The smallest absolute Gasteiger partial charge is 0.133 e. The molecule has 1 aromatic rings. The highest BCUT2D eigenvalue weighted by Crippen LogP contribution is 2.43. The monoisotopic (exact) mass is 316 g/mol. The van der Waals surface area contributed by atoms with Crippen molar-refractivity contribution in [1.82, 2.24) is 0 Å². The van der Waals surface area contributed by atoms with Crippen molar-refractivity contribution in [2.75, 3.05) is 7.11 Å². The Morgan fingerprint density at radius 2 is 2.29 bits per heavy atom. The molecule has 1 aliphatic carbocycles. The summed E-state index contributed by atoms with van der Waals surface area (Å²) >= 11 is 9.75. The molecule has 1 aromatic carbocycles. The number of ether oxygens (including phenoxy) is 1. The van der Waals surface area contributed by atoms with Crippen LogP contribution in [0.3, 0.4) is 0 Å². The van der Waals surface area contributed by atoms with Gasteiger partial charge in [0.1, 0.15) is 5.75 Å². The van der Waals surface area contributed by atoms with E-state index < -0.39 is 0 Å². The molecule has 0 bridgehead atoms. The largest absolute Gasteiger partial charge is 0.496 e. The molecule has 2 unspecified atom stereocenters. The lowest BCUT2D eigenvalue weighted by Crippen LogP contribution is -2.15. The Labute approximate surface area is 117 Å². The zero-order chi connectivity index (χ0) is 12.5. The molecule has 3 heteroatoms. The quantitative estimate of drug-likeness (QED) is 0.728. The van der Waals surface area contributed by atoms with Crippen molar-refractivity contribution in [2.24, 2.45) is 5.41 Å². The van der Waals surface area contributed by atoms with Gasteiger partial charge < -0.3 is 4.74 Å². The second-order valence-corrected chi connectivity index (χ2v) is 6.77. The van der Waals surface area contributed by atoms with Gasteiger partial charge in [-0.05, 0) is 64.7 Å². The third-order valence-electron chi connectivity index (χ3n) is 3.62. The summed E-state index contributed by atoms with van der Waals surface area (Å²) < 4.78 is 6.27. The summed E-state index contributed by atoms with van der Waals surface area (Å²) in [4.78, 5) is 0. The predicted octanol–water partition coefficient (Wildman–Crippen LogP) is 4.80.